The van der Waals surface area contributed by atoms with Crippen molar-refractivity contribution in [3.63, 3.8) is 0 Å². The third-order valence-corrected chi connectivity index (χ3v) is 5.21. The number of aromatic nitrogens is 1. The summed E-state index contributed by atoms with van der Waals surface area (Å²) < 4.78 is 11.6. The number of nitrogens with two attached hydrogens (primary N) is 1. The molecule has 0 aromatic carbocycles. The molecule has 2 atom stereocenters. The highest BCUT2D eigenvalue weighted by Crippen LogP contribution is 2.37. The Morgan fingerprint density at radius 1 is 1.39 bits per heavy atom. The Bertz CT molecular complexity index is 798. The quantitative estimate of drug-likeness (QED) is 0.775. The Balaban J connectivity index is 1.52. The van der Waals surface area contributed by atoms with Crippen LogP contribution in [0.4, 0.5) is 5.69 Å². The minimum Gasteiger partial charge on any atom is -0.487 e. The van der Waals surface area contributed by atoms with Crippen molar-refractivity contribution in [3.05, 3.63) is 41.6 Å². The SMILES string of the molecule is COCCN1CCCC(Oc2ccncc2N2[C@H](N)C=C3N=CC(Cl)=CN32)C1. The highest BCUT2D eigenvalue weighted by Gasteiger charge is 2.33. The number of aliphatic imine (C=N–C) groups is 1. The van der Waals surface area contributed by atoms with Gasteiger partial charge in [-0.15, -0.1) is 0 Å². The average molecular weight is 405 g/mol. The molecule has 28 heavy (non-hydrogen) atoms. The number of hydrazine groups is 1. The molecule has 2 N–H and O–H groups in total. The lowest BCUT2D eigenvalue weighted by molar-refractivity contribution is 0.0682. The van der Waals surface area contributed by atoms with Gasteiger partial charge >= 0.3 is 0 Å². The number of fused-ring (bicyclic) bond motifs is 1. The molecule has 150 valence electrons. The molecule has 4 rings (SSSR count). The average Bonchev–Trinajstić information content (AvgIpc) is 3.02. The van der Waals surface area contributed by atoms with Gasteiger partial charge in [-0.3, -0.25) is 14.9 Å². The number of ether oxygens (including phenoxy) is 2. The first kappa shape index (κ1) is 19.2. The van der Waals surface area contributed by atoms with E-state index in [4.69, 9.17) is 26.8 Å². The van der Waals surface area contributed by atoms with Gasteiger partial charge in [0.2, 0.25) is 0 Å². The first-order valence-corrected chi connectivity index (χ1v) is 9.82. The van der Waals surface area contributed by atoms with Crippen LogP contribution in [0.1, 0.15) is 12.8 Å². The highest BCUT2D eigenvalue weighted by molar-refractivity contribution is 6.39. The summed E-state index contributed by atoms with van der Waals surface area (Å²) in [5.41, 5.74) is 7.14. The van der Waals surface area contributed by atoms with Gasteiger partial charge in [-0.25, -0.2) is 10.0 Å². The smallest absolute Gasteiger partial charge is 0.150 e. The molecule has 8 nitrogen and oxygen atoms in total. The van der Waals surface area contributed by atoms with Crippen LogP contribution in [0.3, 0.4) is 0 Å². The number of piperidine rings is 1. The van der Waals surface area contributed by atoms with Gasteiger partial charge in [-0.05, 0) is 25.5 Å². The lowest BCUT2D eigenvalue weighted by atomic mass is 10.1. The molecule has 3 aliphatic heterocycles. The number of likely N-dealkylation sites (tertiary alicyclic amines) is 1. The Morgan fingerprint density at radius 3 is 3.14 bits per heavy atom. The van der Waals surface area contributed by atoms with Gasteiger partial charge in [-0.1, -0.05) is 11.6 Å². The summed E-state index contributed by atoms with van der Waals surface area (Å²) in [6.45, 7) is 3.60. The molecule has 1 fully saturated rings. The van der Waals surface area contributed by atoms with Crippen molar-refractivity contribution in [2.24, 2.45) is 10.7 Å². The molecule has 1 aromatic heterocycles. The van der Waals surface area contributed by atoms with E-state index in [1.54, 1.807) is 31.9 Å². The second kappa shape index (κ2) is 8.48. The monoisotopic (exact) mass is 404 g/mol. The molecule has 0 aliphatic carbocycles. The van der Waals surface area contributed by atoms with Crippen LogP contribution in [0.15, 0.2) is 46.6 Å². The van der Waals surface area contributed by atoms with Gasteiger partial charge in [0.1, 0.15) is 23.7 Å². The number of hydrogen-bond acceptors (Lipinski definition) is 8. The molecule has 0 amide bonds. The first-order chi connectivity index (χ1) is 13.7. The lowest BCUT2D eigenvalue weighted by Crippen LogP contribution is -2.45. The Hall–Kier alpha value is -2.13. The third kappa shape index (κ3) is 4.00. The molecular weight excluding hydrogens is 380 g/mol. The summed E-state index contributed by atoms with van der Waals surface area (Å²) >= 11 is 6.15. The molecule has 1 saturated heterocycles. The van der Waals surface area contributed by atoms with Crippen molar-refractivity contribution in [2.75, 3.05) is 38.4 Å². The van der Waals surface area contributed by atoms with Crippen LogP contribution in [-0.4, -0.2) is 66.7 Å². The number of nitrogens with zero attached hydrogens (tertiary/aromatic N) is 5. The normalized spacial score (nSPS) is 24.8. The molecule has 3 aliphatic rings. The summed E-state index contributed by atoms with van der Waals surface area (Å²) in [4.78, 5) is 11.0. The van der Waals surface area contributed by atoms with E-state index in [9.17, 15) is 0 Å². The standard InChI is InChI=1S/C19H25ClN6O2/c1-27-8-7-24-6-2-3-15(13-24)28-17-4-5-22-11-16(17)26-18(21)9-19-23-10-14(20)12-25(19)26/h4-5,9-12,15,18H,2-3,6-8,13,21H2,1H3/t15?,18-/m0/s1. The van der Waals surface area contributed by atoms with Crippen molar-refractivity contribution in [2.45, 2.75) is 25.1 Å². The van der Waals surface area contributed by atoms with Crippen LogP contribution < -0.4 is 15.5 Å². The van der Waals surface area contributed by atoms with E-state index in [1.165, 1.54) is 0 Å². The van der Waals surface area contributed by atoms with Crippen LogP contribution in [0.25, 0.3) is 0 Å². The molecule has 0 saturated carbocycles. The van der Waals surface area contributed by atoms with Crippen LogP contribution in [0, 0.1) is 0 Å². The van der Waals surface area contributed by atoms with Crippen LogP contribution >= 0.6 is 11.6 Å². The fourth-order valence-corrected chi connectivity index (χ4v) is 3.84. The number of anilines is 1. The minimum absolute atomic E-state index is 0.108. The maximum absolute atomic E-state index is 6.40. The van der Waals surface area contributed by atoms with E-state index in [2.05, 4.69) is 14.9 Å². The topological polar surface area (TPSA) is 79.5 Å². The van der Waals surface area contributed by atoms with E-state index in [-0.39, 0.29) is 12.3 Å². The van der Waals surface area contributed by atoms with Crippen molar-refractivity contribution >= 4 is 23.5 Å². The summed E-state index contributed by atoms with van der Waals surface area (Å²) in [6, 6.07) is 1.88. The van der Waals surface area contributed by atoms with E-state index in [0.29, 0.717) is 5.03 Å². The maximum Gasteiger partial charge on any atom is 0.150 e. The number of pyridine rings is 1. The number of hydrogen-bond donors (Lipinski definition) is 1. The molecule has 9 heteroatoms. The van der Waals surface area contributed by atoms with Gasteiger partial charge in [0, 0.05) is 44.9 Å². The van der Waals surface area contributed by atoms with Crippen molar-refractivity contribution in [3.8, 4) is 5.75 Å². The molecule has 1 aromatic rings. The largest absolute Gasteiger partial charge is 0.487 e. The predicted molar refractivity (Wildman–Crippen MR) is 109 cm³/mol. The van der Waals surface area contributed by atoms with E-state index in [0.717, 1.165) is 56.3 Å². The van der Waals surface area contributed by atoms with Crippen molar-refractivity contribution < 1.29 is 9.47 Å². The summed E-state index contributed by atoms with van der Waals surface area (Å²) in [7, 11) is 1.73. The number of allylic oxidation sites excluding steroid dienone is 1. The Labute approximate surface area is 169 Å². The zero-order valence-corrected chi connectivity index (χ0v) is 16.6. The van der Waals surface area contributed by atoms with Crippen molar-refractivity contribution in [1.29, 1.82) is 0 Å². The van der Waals surface area contributed by atoms with Crippen LogP contribution in [0.5, 0.6) is 5.75 Å². The number of halogens is 1. The second-order valence-electron chi connectivity index (χ2n) is 7.00. The molecule has 1 unspecified atom stereocenters. The van der Waals surface area contributed by atoms with Gasteiger partial charge in [0.05, 0.1) is 17.8 Å². The maximum atomic E-state index is 6.40. The summed E-state index contributed by atoms with van der Waals surface area (Å²) in [5, 5.41) is 4.26. The fraction of sp³-hybridized carbons (Fsp3) is 0.474. The predicted octanol–water partition coefficient (Wildman–Crippen LogP) is 1.90. The van der Waals surface area contributed by atoms with Crippen LogP contribution in [-0.2, 0) is 4.74 Å². The van der Waals surface area contributed by atoms with E-state index in [1.807, 2.05) is 22.2 Å². The van der Waals surface area contributed by atoms with Gasteiger partial charge in [-0.2, -0.15) is 0 Å². The molecule has 0 spiro atoms. The number of rotatable bonds is 6. The Kier molecular flexibility index (Phi) is 5.82. The fourth-order valence-electron chi connectivity index (χ4n) is 3.70. The zero-order chi connectivity index (χ0) is 19.5. The van der Waals surface area contributed by atoms with Gasteiger partial charge in [0.25, 0.3) is 0 Å². The number of methoxy groups -OCH3 is 1. The highest BCUT2D eigenvalue weighted by atomic mass is 35.5. The lowest BCUT2D eigenvalue weighted by Gasteiger charge is -2.36. The minimum atomic E-state index is -0.387. The van der Waals surface area contributed by atoms with Gasteiger partial charge < -0.3 is 15.2 Å². The molecule has 4 heterocycles. The molecule has 0 bridgehead atoms. The zero-order valence-electron chi connectivity index (χ0n) is 15.9. The Morgan fingerprint density at radius 2 is 2.29 bits per heavy atom. The van der Waals surface area contributed by atoms with E-state index >= 15 is 0 Å². The summed E-state index contributed by atoms with van der Waals surface area (Å²) in [5.74, 6) is 1.48. The van der Waals surface area contributed by atoms with Crippen molar-refractivity contribution in [1.82, 2.24) is 14.9 Å². The van der Waals surface area contributed by atoms with Crippen LogP contribution in [0.2, 0.25) is 0 Å². The first-order valence-electron chi connectivity index (χ1n) is 9.45. The summed E-state index contributed by atoms with van der Waals surface area (Å²) in [6.07, 6.45) is 10.6. The molecule has 0 radical (unpaired) electrons. The van der Waals surface area contributed by atoms with E-state index < -0.39 is 0 Å². The molecular formula is C19H25ClN6O2. The second-order valence-corrected chi connectivity index (χ2v) is 7.43. The third-order valence-electron chi connectivity index (χ3n) is 5.01. The van der Waals surface area contributed by atoms with Gasteiger partial charge in [0.15, 0.2) is 5.82 Å².